The topological polar surface area (TPSA) is 99.1 Å². The number of unbranched alkanes of at least 4 members (excludes halogenated alkanes) is 2. The van der Waals surface area contributed by atoms with E-state index < -0.39 is 0 Å². The van der Waals surface area contributed by atoms with Crippen LogP contribution in [-0.4, -0.2) is 52.7 Å². The fourth-order valence-corrected chi connectivity index (χ4v) is 2.54. The van der Waals surface area contributed by atoms with Crippen molar-refractivity contribution in [1.82, 2.24) is 25.7 Å². The Morgan fingerprint density at radius 3 is 2.24 bits per heavy atom. The average molecular weight is 402 g/mol. The lowest BCUT2D eigenvalue weighted by molar-refractivity contribution is -0.122. The van der Waals surface area contributed by atoms with Gasteiger partial charge in [0.2, 0.25) is 11.7 Å². The molecule has 0 atom stereocenters. The van der Waals surface area contributed by atoms with E-state index in [9.17, 15) is 4.79 Å². The summed E-state index contributed by atoms with van der Waals surface area (Å²) in [7, 11) is 0. The second-order valence-corrected chi connectivity index (χ2v) is 6.78. The van der Waals surface area contributed by atoms with E-state index in [1.807, 2.05) is 24.3 Å². The van der Waals surface area contributed by atoms with Gasteiger partial charge in [-0.25, -0.2) is 0 Å². The molecule has 0 unspecified atom stereocenters. The number of carbonyl (C=O) groups is 1. The first kappa shape index (κ1) is 22.8. The third-order valence-corrected chi connectivity index (χ3v) is 4.22. The van der Waals surface area contributed by atoms with Crippen LogP contribution in [0.3, 0.4) is 0 Å². The Labute approximate surface area is 172 Å². The largest absolute Gasteiger partial charge is 0.381 e. The van der Waals surface area contributed by atoms with Crippen LogP contribution in [0, 0.1) is 6.92 Å². The SMILES string of the molecule is CCCCCOCCCOCCC(=O)NCc1ccc(-c2nnc(C)nn2)cc1. The van der Waals surface area contributed by atoms with Crippen LogP contribution in [0.15, 0.2) is 24.3 Å². The summed E-state index contributed by atoms with van der Waals surface area (Å²) in [5.41, 5.74) is 1.83. The normalized spacial score (nSPS) is 10.8. The highest BCUT2D eigenvalue weighted by atomic mass is 16.5. The highest BCUT2D eigenvalue weighted by Gasteiger charge is 2.05. The fraction of sp³-hybridized carbons (Fsp3) is 0.571. The van der Waals surface area contributed by atoms with Gasteiger partial charge in [-0.15, -0.1) is 20.4 Å². The molecule has 0 bridgehead atoms. The number of amides is 1. The van der Waals surface area contributed by atoms with Gasteiger partial charge in [0.25, 0.3) is 0 Å². The van der Waals surface area contributed by atoms with Gasteiger partial charge in [0.05, 0.1) is 6.61 Å². The molecule has 0 aliphatic rings. The molecule has 29 heavy (non-hydrogen) atoms. The first-order chi connectivity index (χ1) is 14.2. The molecule has 1 heterocycles. The number of hydrogen-bond donors (Lipinski definition) is 1. The summed E-state index contributed by atoms with van der Waals surface area (Å²) in [6.45, 7) is 6.96. The van der Waals surface area contributed by atoms with Gasteiger partial charge in [-0.05, 0) is 25.3 Å². The van der Waals surface area contributed by atoms with Gasteiger partial charge in [-0.1, -0.05) is 44.0 Å². The van der Waals surface area contributed by atoms with Gasteiger partial charge in [-0.2, -0.15) is 0 Å². The molecule has 0 aliphatic heterocycles. The number of carbonyl (C=O) groups excluding carboxylic acids is 1. The molecule has 0 aliphatic carbocycles. The minimum absolute atomic E-state index is 0.0276. The van der Waals surface area contributed by atoms with Crippen LogP contribution in [0.25, 0.3) is 11.4 Å². The number of ether oxygens (including phenoxy) is 2. The predicted octanol–water partition coefficient (Wildman–Crippen LogP) is 2.86. The van der Waals surface area contributed by atoms with Crippen LogP contribution in [-0.2, 0) is 20.8 Å². The quantitative estimate of drug-likeness (QED) is 0.486. The van der Waals surface area contributed by atoms with Crippen molar-refractivity contribution in [3.63, 3.8) is 0 Å². The monoisotopic (exact) mass is 401 g/mol. The molecule has 0 spiro atoms. The van der Waals surface area contributed by atoms with Crippen LogP contribution >= 0.6 is 0 Å². The molecule has 1 aromatic heterocycles. The van der Waals surface area contributed by atoms with E-state index in [0.717, 1.165) is 30.6 Å². The molecular weight excluding hydrogens is 370 g/mol. The van der Waals surface area contributed by atoms with Crippen molar-refractivity contribution in [2.45, 2.75) is 52.5 Å². The van der Waals surface area contributed by atoms with E-state index in [4.69, 9.17) is 9.47 Å². The molecule has 0 radical (unpaired) electrons. The van der Waals surface area contributed by atoms with E-state index in [1.54, 1.807) is 6.92 Å². The van der Waals surface area contributed by atoms with Crippen molar-refractivity contribution in [1.29, 1.82) is 0 Å². The van der Waals surface area contributed by atoms with Crippen molar-refractivity contribution in [3.8, 4) is 11.4 Å². The highest BCUT2D eigenvalue weighted by molar-refractivity contribution is 5.75. The number of aromatic nitrogens is 4. The Hall–Kier alpha value is -2.45. The molecule has 2 aromatic rings. The smallest absolute Gasteiger partial charge is 0.222 e. The molecule has 0 saturated carbocycles. The van der Waals surface area contributed by atoms with Gasteiger partial charge in [0.1, 0.15) is 0 Å². The fourth-order valence-electron chi connectivity index (χ4n) is 2.54. The third kappa shape index (κ3) is 9.54. The number of nitrogens with zero attached hydrogens (tertiary/aromatic N) is 4. The van der Waals surface area contributed by atoms with E-state index in [0.29, 0.717) is 44.4 Å². The van der Waals surface area contributed by atoms with E-state index in [-0.39, 0.29) is 5.91 Å². The zero-order valence-electron chi connectivity index (χ0n) is 17.4. The summed E-state index contributed by atoms with van der Waals surface area (Å²) >= 11 is 0. The van der Waals surface area contributed by atoms with Gasteiger partial charge in [-0.3, -0.25) is 4.79 Å². The van der Waals surface area contributed by atoms with Crippen LogP contribution in [0.1, 0.15) is 50.4 Å². The minimum atomic E-state index is -0.0276. The van der Waals surface area contributed by atoms with Gasteiger partial charge >= 0.3 is 0 Å². The van der Waals surface area contributed by atoms with Crippen LogP contribution in [0.2, 0.25) is 0 Å². The molecule has 8 nitrogen and oxygen atoms in total. The molecule has 158 valence electrons. The summed E-state index contributed by atoms with van der Waals surface area (Å²) < 4.78 is 11.0. The number of nitrogens with one attached hydrogen (secondary N) is 1. The van der Waals surface area contributed by atoms with Gasteiger partial charge in [0, 0.05) is 38.3 Å². The Bertz CT molecular complexity index is 707. The maximum Gasteiger partial charge on any atom is 0.222 e. The zero-order valence-corrected chi connectivity index (χ0v) is 17.4. The molecule has 1 N–H and O–H groups in total. The lowest BCUT2D eigenvalue weighted by Gasteiger charge is -2.07. The summed E-state index contributed by atoms with van der Waals surface area (Å²) in [4.78, 5) is 11.9. The van der Waals surface area contributed by atoms with Gasteiger partial charge in [0.15, 0.2) is 5.82 Å². The number of aryl methyl sites for hydroxylation is 1. The first-order valence-corrected chi connectivity index (χ1v) is 10.2. The number of benzene rings is 1. The Balaban J connectivity index is 1.54. The average Bonchev–Trinajstić information content (AvgIpc) is 2.74. The number of hydrogen-bond acceptors (Lipinski definition) is 7. The maximum absolute atomic E-state index is 11.9. The van der Waals surface area contributed by atoms with Crippen LogP contribution < -0.4 is 5.32 Å². The molecule has 1 aromatic carbocycles. The summed E-state index contributed by atoms with van der Waals surface area (Å²) in [6, 6.07) is 7.64. The third-order valence-electron chi connectivity index (χ3n) is 4.22. The van der Waals surface area contributed by atoms with E-state index in [2.05, 4.69) is 32.6 Å². The molecule has 2 rings (SSSR count). The molecule has 0 saturated heterocycles. The summed E-state index contributed by atoms with van der Waals surface area (Å²) in [5.74, 6) is 0.989. The Kier molecular flexibility index (Phi) is 10.8. The number of rotatable bonds is 14. The Morgan fingerprint density at radius 1 is 0.897 bits per heavy atom. The zero-order chi connectivity index (χ0) is 20.7. The summed E-state index contributed by atoms with van der Waals surface area (Å²) in [5, 5.41) is 18.7. The van der Waals surface area contributed by atoms with Crippen LogP contribution in [0.4, 0.5) is 0 Å². The second-order valence-electron chi connectivity index (χ2n) is 6.78. The first-order valence-electron chi connectivity index (χ1n) is 10.2. The van der Waals surface area contributed by atoms with Crippen molar-refractivity contribution in [2.24, 2.45) is 0 Å². The van der Waals surface area contributed by atoms with Crippen molar-refractivity contribution < 1.29 is 14.3 Å². The van der Waals surface area contributed by atoms with Crippen molar-refractivity contribution in [2.75, 3.05) is 26.4 Å². The maximum atomic E-state index is 11.9. The molecule has 1 amide bonds. The van der Waals surface area contributed by atoms with Crippen LogP contribution in [0.5, 0.6) is 0 Å². The lowest BCUT2D eigenvalue weighted by atomic mass is 10.1. The molecule has 8 heteroatoms. The highest BCUT2D eigenvalue weighted by Crippen LogP contribution is 2.13. The van der Waals surface area contributed by atoms with E-state index >= 15 is 0 Å². The van der Waals surface area contributed by atoms with Crippen molar-refractivity contribution in [3.05, 3.63) is 35.7 Å². The summed E-state index contributed by atoms with van der Waals surface area (Å²) in [6.07, 6.45) is 4.75. The minimum Gasteiger partial charge on any atom is -0.381 e. The van der Waals surface area contributed by atoms with Gasteiger partial charge < -0.3 is 14.8 Å². The Morgan fingerprint density at radius 2 is 1.55 bits per heavy atom. The predicted molar refractivity (Wildman–Crippen MR) is 110 cm³/mol. The molecular formula is C21H31N5O3. The van der Waals surface area contributed by atoms with Crippen molar-refractivity contribution >= 4 is 5.91 Å². The lowest BCUT2D eigenvalue weighted by Crippen LogP contribution is -2.24. The molecule has 0 fully saturated rings. The standard InChI is InChI=1S/C21H31N5O3/c1-3-4-5-12-28-13-6-14-29-15-11-20(27)22-16-18-7-9-19(10-8-18)21-25-23-17(2)24-26-21/h7-10H,3-6,11-16H2,1-2H3,(H,22,27). The second kappa shape index (κ2) is 13.7. The van der Waals surface area contributed by atoms with E-state index in [1.165, 1.54) is 12.8 Å².